The predicted octanol–water partition coefficient (Wildman–Crippen LogP) is 5.34. The van der Waals surface area contributed by atoms with E-state index in [4.69, 9.17) is 11.6 Å². The number of phenols is 1. The third kappa shape index (κ3) is 1.46. The molecule has 0 amide bonds. The smallest absolute Gasteiger partial charge is 0.122 e. The summed E-state index contributed by atoms with van der Waals surface area (Å²) < 4.78 is 2.36. The predicted molar refractivity (Wildman–Crippen MR) is 80.2 cm³/mol. The molecule has 18 heavy (non-hydrogen) atoms. The van der Waals surface area contributed by atoms with Gasteiger partial charge in [0.1, 0.15) is 5.75 Å². The highest BCUT2D eigenvalue weighted by atomic mass is 35.5. The minimum Gasteiger partial charge on any atom is -0.507 e. The Balaban J connectivity index is 2.59. The zero-order valence-electron chi connectivity index (χ0n) is 10.5. The summed E-state index contributed by atoms with van der Waals surface area (Å²) in [7, 11) is 0. The van der Waals surface area contributed by atoms with E-state index in [-0.39, 0.29) is 0 Å². The highest BCUT2D eigenvalue weighted by molar-refractivity contribution is 7.26. The number of fused-ring (bicyclic) bond motifs is 3. The molecule has 1 aromatic heterocycles. The molecule has 1 nitrogen and oxygen atoms in total. The van der Waals surface area contributed by atoms with E-state index in [1.165, 1.54) is 15.5 Å². The number of hydrogen-bond donors (Lipinski definition) is 1. The first-order chi connectivity index (χ1) is 8.50. The van der Waals surface area contributed by atoms with E-state index in [0.717, 1.165) is 26.4 Å². The van der Waals surface area contributed by atoms with Crippen LogP contribution in [-0.2, 0) is 0 Å². The Hall–Kier alpha value is -1.25. The fourth-order valence-electron chi connectivity index (χ4n) is 2.40. The minimum absolute atomic E-state index is 0.401. The normalized spacial score (nSPS) is 11.6. The van der Waals surface area contributed by atoms with E-state index in [0.29, 0.717) is 5.75 Å². The van der Waals surface area contributed by atoms with Gasteiger partial charge in [-0.1, -0.05) is 17.7 Å². The molecule has 0 fully saturated rings. The molecule has 3 heteroatoms. The van der Waals surface area contributed by atoms with Crippen LogP contribution >= 0.6 is 22.9 Å². The van der Waals surface area contributed by atoms with E-state index in [9.17, 15) is 5.11 Å². The number of benzene rings is 2. The molecular weight excluding hydrogens is 264 g/mol. The van der Waals surface area contributed by atoms with Gasteiger partial charge in [0.25, 0.3) is 0 Å². The Morgan fingerprint density at radius 1 is 1.00 bits per heavy atom. The van der Waals surface area contributed by atoms with E-state index >= 15 is 0 Å². The lowest BCUT2D eigenvalue weighted by Crippen LogP contribution is -1.80. The number of hydrogen-bond acceptors (Lipinski definition) is 2. The van der Waals surface area contributed by atoms with Gasteiger partial charge in [0.2, 0.25) is 0 Å². The van der Waals surface area contributed by atoms with Crippen molar-refractivity contribution in [1.82, 2.24) is 0 Å². The Morgan fingerprint density at radius 2 is 1.67 bits per heavy atom. The lowest BCUT2D eigenvalue weighted by Gasteiger charge is -2.04. The number of aromatic hydroxyl groups is 1. The van der Waals surface area contributed by atoms with Crippen LogP contribution in [-0.4, -0.2) is 5.11 Å². The number of halogens is 1. The van der Waals surface area contributed by atoms with Crippen LogP contribution in [0.5, 0.6) is 5.75 Å². The maximum absolute atomic E-state index is 10.0. The van der Waals surface area contributed by atoms with Crippen LogP contribution in [0, 0.1) is 20.8 Å². The van der Waals surface area contributed by atoms with Crippen LogP contribution in [0.2, 0.25) is 5.02 Å². The van der Waals surface area contributed by atoms with Gasteiger partial charge in [-0.25, -0.2) is 0 Å². The Bertz CT molecular complexity index is 786. The van der Waals surface area contributed by atoms with Crippen LogP contribution in [0.4, 0.5) is 0 Å². The fraction of sp³-hybridized carbons (Fsp3) is 0.200. The van der Waals surface area contributed by atoms with Gasteiger partial charge in [0, 0.05) is 30.8 Å². The molecule has 0 spiro atoms. The summed E-state index contributed by atoms with van der Waals surface area (Å²) >= 11 is 7.88. The van der Waals surface area contributed by atoms with Crippen LogP contribution in [0.15, 0.2) is 18.2 Å². The summed E-state index contributed by atoms with van der Waals surface area (Å²) in [6.45, 7) is 5.95. The molecule has 0 radical (unpaired) electrons. The van der Waals surface area contributed by atoms with Gasteiger partial charge in [0.15, 0.2) is 0 Å². The van der Waals surface area contributed by atoms with Gasteiger partial charge in [0.05, 0.1) is 0 Å². The second kappa shape index (κ2) is 3.87. The molecule has 2 aromatic carbocycles. The molecule has 1 N–H and O–H groups in total. The molecule has 1 heterocycles. The van der Waals surface area contributed by atoms with E-state index in [1.54, 1.807) is 11.3 Å². The summed E-state index contributed by atoms with van der Waals surface area (Å²) in [5.41, 5.74) is 3.00. The van der Waals surface area contributed by atoms with Gasteiger partial charge < -0.3 is 5.11 Å². The van der Waals surface area contributed by atoms with E-state index < -0.39 is 0 Å². The maximum Gasteiger partial charge on any atom is 0.122 e. The highest BCUT2D eigenvalue weighted by Gasteiger charge is 2.14. The maximum atomic E-state index is 10.0. The molecule has 0 saturated carbocycles. The summed E-state index contributed by atoms with van der Waals surface area (Å²) in [6, 6.07) is 6.08. The lowest BCUT2D eigenvalue weighted by atomic mass is 10.0. The SMILES string of the molecule is Cc1cc2c(sc3c(C)c(Cl)ccc32)c(C)c1O. The third-order valence-electron chi connectivity index (χ3n) is 3.51. The van der Waals surface area contributed by atoms with E-state index in [1.807, 2.05) is 26.8 Å². The largest absolute Gasteiger partial charge is 0.507 e. The van der Waals surface area contributed by atoms with Crippen molar-refractivity contribution in [3.05, 3.63) is 39.9 Å². The number of rotatable bonds is 0. The van der Waals surface area contributed by atoms with Crippen molar-refractivity contribution >= 4 is 43.1 Å². The van der Waals surface area contributed by atoms with Crippen LogP contribution < -0.4 is 0 Å². The average molecular weight is 277 g/mol. The molecule has 0 bridgehead atoms. The number of thiophene rings is 1. The standard InChI is InChI=1S/C15H13ClOS/c1-7-6-11-10-4-5-12(16)8(2)14(10)18-15(11)9(3)13(7)17/h4-6,17H,1-3H3. The van der Waals surface area contributed by atoms with Crippen molar-refractivity contribution < 1.29 is 5.11 Å². The Morgan fingerprint density at radius 3 is 2.39 bits per heavy atom. The van der Waals surface area contributed by atoms with Crippen LogP contribution in [0.25, 0.3) is 20.2 Å². The second-order valence-electron chi connectivity index (χ2n) is 4.69. The molecule has 0 saturated heterocycles. The van der Waals surface area contributed by atoms with Crippen molar-refractivity contribution in [3.63, 3.8) is 0 Å². The quantitative estimate of drug-likeness (QED) is 0.588. The van der Waals surface area contributed by atoms with Gasteiger partial charge in [-0.15, -0.1) is 11.3 Å². The lowest BCUT2D eigenvalue weighted by molar-refractivity contribution is 0.468. The van der Waals surface area contributed by atoms with E-state index in [2.05, 4.69) is 12.1 Å². The first kappa shape index (κ1) is 11.8. The molecule has 0 unspecified atom stereocenters. The first-order valence-electron chi connectivity index (χ1n) is 5.81. The summed E-state index contributed by atoms with van der Waals surface area (Å²) in [4.78, 5) is 0. The van der Waals surface area contributed by atoms with Gasteiger partial charge in [-0.05, 0) is 44.0 Å². The Labute approximate surface area is 115 Å². The van der Waals surface area contributed by atoms with Crippen molar-refractivity contribution in [2.45, 2.75) is 20.8 Å². The molecule has 0 aliphatic heterocycles. The van der Waals surface area contributed by atoms with Gasteiger partial charge in [-0.3, -0.25) is 0 Å². The number of aryl methyl sites for hydroxylation is 3. The van der Waals surface area contributed by atoms with Gasteiger partial charge >= 0.3 is 0 Å². The molecule has 92 valence electrons. The van der Waals surface area contributed by atoms with Crippen LogP contribution in [0.1, 0.15) is 16.7 Å². The fourth-order valence-corrected chi connectivity index (χ4v) is 3.90. The average Bonchev–Trinajstić information content (AvgIpc) is 2.71. The van der Waals surface area contributed by atoms with Crippen LogP contribution in [0.3, 0.4) is 0 Å². The van der Waals surface area contributed by atoms with Gasteiger partial charge in [-0.2, -0.15) is 0 Å². The monoisotopic (exact) mass is 276 g/mol. The van der Waals surface area contributed by atoms with Crippen molar-refractivity contribution in [2.75, 3.05) is 0 Å². The molecule has 0 aliphatic rings. The second-order valence-corrected chi connectivity index (χ2v) is 6.12. The Kier molecular flexibility index (Phi) is 2.54. The van der Waals surface area contributed by atoms with Crippen molar-refractivity contribution in [1.29, 1.82) is 0 Å². The van der Waals surface area contributed by atoms with Crippen molar-refractivity contribution in [3.8, 4) is 5.75 Å². The summed E-state index contributed by atoms with van der Waals surface area (Å²) in [6.07, 6.45) is 0. The molecule has 3 aromatic rings. The molecular formula is C15H13ClOS. The van der Waals surface area contributed by atoms with Crippen molar-refractivity contribution in [2.24, 2.45) is 0 Å². The highest BCUT2D eigenvalue weighted by Crippen LogP contribution is 2.42. The number of phenolic OH excluding ortho intramolecular Hbond substituents is 1. The molecule has 0 atom stereocenters. The minimum atomic E-state index is 0.401. The topological polar surface area (TPSA) is 20.2 Å². The summed E-state index contributed by atoms with van der Waals surface area (Å²) in [5, 5.41) is 13.3. The summed E-state index contributed by atoms with van der Waals surface area (Å²) in [5.74, 6) is 0.401. The zero-order valence-corrected chi connectivity index (χ0v) is 12.0. The molecule has 0 aliphatic carbocycles. The third-order valence-corrected chi connectivity index (χ3v) is 5.38. The molecule has 3 rings (SSSR count). The first-order valence-corrected chi connectivity index (χ1v) is 7.00. The zero-order chi connectivity index (χ0) is 13.0.